The third-order valence-corrected chi connectivity index (χ3v) is 5.14. The number of anilines is 2. The maximum Gasteiger partial charge on any atom is 0.313 e. The molecule has 0 aliphatic carbocycles. The van der Waals surface area contributed by atoms with Crippen molar-refractivity contribution in [2.45, 2.75) is 18.9 Å². The van der Waals surface area contributed by atoms with Gasteiger partial charge in [0, 0.05) is 32.0 Å². The lowest BCUT2D eigenvalue weighted by atomic mass is 10.0. The standard InChI is InChI=1S/C22H27FN4O2/c1-26(2)19-11-5-16(6-12-19)20(27-13-3-4-14-27)15-24-21(28)22(29)25-18-9-7-17(23)8-10-18/h5-12,20H,3-4,13-15H2,1-2H3,(H,24,28)(H,25,29). The van der Waals surface area contributed by atoms with E-state index >= 15 is 0 Å². The van der Waals surface area contributed by atoms with E-state index in [1.165, 1.54) is 24.3 Å². The zero-order chi connectivity index (χ0) is 20.8. The number of nitrogens with one attached hydrogen (secondary N) is 2. The molecule has 0 spiro atoms. The first-order valence-corrected chi connectivity index (χ1v) is 9.80. The van der Waals surface area contributed by atoms with Gasteiger partial charge in [0.25, 0.3) is 0 Å². The molecule has 1 saturated heterocycles. The predicted octanol–water partition coefficient (Wildman–Crippen LogP) is 2.78. The molecule has 29 heavy (non-hydrogen) atoms. The minimum absolute atomic E-state index is 0.0104. The summed E-state index contributed by atoms with van der Waals surface area (Å²) in [4.78, 5) is 28.8. The SMILES string of the molecule is CN(C)c1ccc(C(CNC(=O)C(=O)Nc2ccc(F)cc2)N2CCCC2)cc1. The number of hydrogen-bond acceptors (Lipinski definition) is 4. The minimum atomic E-state index is -0.764. The molecule has 1 aliphatic heterocycles. The van der Waals surface area contributed by atoms with E-state index in [1.54, 1.807) is 0 Å². The van der Waals surface area contributed by atoms with E-state index in [-0.39, 0.29) is 6.04 Å². The van der Waals surface area contributed by atoms with Gasteiger partial charge in [0.05, 0.1) is 6.04 Å². The summed E-state index contributed by atoms with van der Waals surface area (Å²) < 4.78 is 13.0. The van der Waals surface area contributed by atoms with Crippen molar-refractivity contribution in [3.05, 3.63) is 59.9 Å². The molecule has 7 heteroatoms. The largest absolute Gasteiger partial charge is 0.378 e. The Labute approximate surface area is 170 Å². The average Bonchev–Trinajstić information content (AvgIpc) is 3.24. The second kappa shape index (κ2) is 9.52. The number of benzene rings is 2. The quantitative estimate of drug-likeness (QED) is 0.735. The number of halogens is 1. The van der Waals surface area contributed by atoms with Crippen LogP contribution < -0.4 is 15.5 Å². The number of carbonyl (C=O) groups excluding carboxylic acids is 2. The number of amides is 2. The van der Waals surface area contributed by atoms with Gasteiger partial charge in [0.15, 0.2) is 0 Å². The Morgan fingerprint density at radius 1 is 1.00 bits per heavy atom. The van der Waals surface area contributed by atoms with E-state index < -0.39 is 17.6 Å². The van der Waals surface area contributed by atoms with Gasteiger partial charge in [-0.05, 0) is 67.9 Å². The lowest BCUT2D eigenvalue weighted by Gasteiger charge is -2.28. The van der Waals surface area contributed by atoms with Crippen molar-refractivity contribution in [1.29, 1.82) is 0 Å². The fraction of sp³-hybridized carbons (Fsp3) is 0.364. The van der Waals surface area contributed by atoms with Gasteiger partial charge < -0.3 is 15.5 Å². The number of carbonyl (C=O) groups is 2. The van der Waals surface area contributed by atoms with Crippen LogP contribution in [0, 0.1) is 5.82 Å². The summed E-state index contributed by atoms with van der Waals surface area (Å²) in [7, 11) is 3.99. The van der Waals surface area contributed by atoms with Gasteiger partial charge in [-0.25, -0.2) is 4.39 Å². The van der Waals surface area contributed by atoms with E-state index in [9.17, 15) is 14.0 Å². The van der Waals surface area contributed by atoms with Crippen LogP contribution in [0.3, 0.4) is 0 Å². The molecule has 6 nitrogen and oxygen atoms in total. The lowest BCUT2D eigenvalue weighted by Crippen LogP contribution is -2.41. The Bertz CT molecular complexity index is 831. The van der Waals surface area contributed by atoms with Gasteiger partial charge >= 0.3 is 11.8 Å². The average molecular weight is 398 g/mol. The highest BCUT2D eigenvalue weighted by atomic mass is 19.1. The van der Waals surface area contributed by atoms with Crippen LogP contribution in [0.5, 0.6) is 0 Å². The van der Waals surface area contributed by atoms with Crippen molar-refractivity contribution in [3.63, 3.8) is 0 Å². The van der Waals surface area contributed by atoms with E-state index in [1.807, 2.05) is 19.0 Å². The van der Waals surface area contributed by atoms with Crippen LogP contribution in [0.15, 0.2) is 48.5 Å². The van der Waals surface area contributed by atoms with Crippen LogP contribution >= 0.6 is 0 Å². The molecular weight excluding hydrogens is 371 g/mol. The summed E-state index contributed by atoms with van der Waals surface area (Å²) in [5.74, 6) is -1.87. The Hall–Kier alpha value is -2.93. The highest BCUT2D eigenvalue weighted by Gasteiger charge is 2.25. The van der Waals surface area contributed by atoms with E-state index in [0.717, 1.165) is 37.2 Å². The maximum atomic E-state index is 13.0. The fourth-order valence-electron chi connectivity index (χ4n) is 3.50. The first-order chi connectivity index (χ1) is 13.9. The van der Waals surface area contributed by atoms with E-state index in [0.29, 0.717) is 12.2 Å². The van der Waals surface area contributed by atoms with Crippen molar-refractivity contribution in [3.8, 4) is 0 Å². The zero-order valence-electron chi connectivity index (χ0n) is 16.8. The molecule has 0 bridgehead atoms. The van der Waals surface area contributed by atoms with E-state index in [2.05, 4.69) is 39.8 Å². The number of likely N-dealkylation sites (tertiary alicyclic amines) is 1. The van der Waals surface area contributed by atoms with Crippen LogP contribution in [0.2, 0.25) is 0 Å². The molecule has 2 aromatic carbocycles. The van der Waals surface area contributed by atoms with Crippen molar-refractivity contribution in [2.75, 3.05) is 43.9 Å². The Morgan fingerprint density at radius 3 is 2.21 bits per heavy atom. The fourth-order valence-corrected chi connectivity index (χ4v) is 3.50. The predicted molar refractivity (Wildman–Crippen MR) is 112 cm³/mol. The Balaban J connectivity index is 1.63. The number of rotatable bonds is 6. The first-order valence-electron chi connectivity index (χ1n) is 9.80. The van der Waals surface area contributed by atoms with Crippen LogP contribution in [-0.4, -0.2) is 50.4 Å². The van der Waals surface area contributed by atoms with Gasteiger partial charge in [0.1, 0.15) is 5.82 Å². The molecule has 1 fully saturated rings. The molecule has 1 unspecified atom stereocenters. The van der Waals surface area contributed by atoms with Gasteiger partial charge in [-0.3, -0.25) is 14.5 Å². The lowest BCUT2D eigenvalue weighted by molar-refractivity contribution is -0.136. The van der Waals surface area contributed by atoms with Gasteiger partial charge in [-0.15, -0.1) is 0 Å². The molecule has 1 aliphatic rings. The third-order valence-electron chi connectivity index (χ3n) is 5.14. The van der Waals surface area contributed by atoms with Crippen molar-refractivity contribution in [1.82, 2.24) is 10.2 Å². The first kappa shape index (κ1) is 20.8. The van der Waals surface area contributed by atoms with Crippen molar-refractivity contribution < 1.29 is 14.0 Å². The normalized spacial score (nSPS) is 15.0. The number of nitrogens with zero attached hydrogens (tertiary/aromatic N) is 2. The van der Waals surface area contributed by atoms with Crippen LogP contribution in [0.1, 0.15) is 24.4 Å². The summed E-state index contributed by atoms with van der Waals surface area (Å²) in [6.45, 7) is 2.28. The summed E-state index contributed by atoms with van der Waals surface area (Å²) in [6, 6.07) is 13.6. The molecular formula is C22H27FN4O2. The molecule has 0 saturated carbocycles. The van der Waals surface area contributed by atoms with Gasteiger partial charge in [0.2, 0.25) is 0 Å². The van der Waals surface area contributed by atoms with Gasteiger partial charge in [-0.1, -0.05) is 12.1 Å². The van der Waals surface area contributed by atoms with E-state index in [4.69, 9.17) is 0 Å². The molecule has 1 atom stereocenters. The van der Waals surface area contributed by atoms with Crippen molar-refractivity contribution in [2.24, 2.45) is 0 Å². The Kier molecular flexibility index (Phi) is 6.82. The zero-order valence-corrected chi connectivity index (χ0v) is 16.8. The highest BCUT2D eigenvalue weighted by molar-refractivity contribution is 6.39. The summed E-state index contributed by atoms with van der Waals surface area (Å²) in [5.41, 5.74) is 2.59. The third kappa shape index (κ3) is 5.54. The molecule has 0 aromatic heterocycles. The van der Waals surface area contributed by atoms with Gasteiger partial charge in [-0.2, -0.15) is 0 Å². The van der Waals surface area contributed by atoms with Crippen LogP contribution in [-0.2, 0) is 9.59 Å². The molecule has 2 amide bonds. The molecule has 3 rings (SSSR count). The summed E-state index contributed by atoms with van der Waals surface area (Å²) in [6.07, 6.45) is 2.26. The molecule has 1 heterocycles. The topological polar surface area (TPSA) is 64.7 Å². The highest BCUT2D eigenvalue weighted by Crippen LogP contribution is 2.26. The molecule has 2 N–H and O–H groups in total. The van der Waals surface area contributed by atoms with Crippen LogP contribution in [0.4, 0.5) is 15.8 Å². The minimum Gasteiger partial charge on any atom is -0.378 e. The summed E-state index contributed by atoms with van der Waals surface area (Å²) in [5, 5.41) is 5.23. The monoisotopic (exact) mass is 398 g/mol. The number of hydrogen-bond donors (Lipinski definition) is 2. The van der Waals surface area contributed by atoms with Crippen molar-refractivity contribution >= 4 is 23.2 Å². The molecule has 154 valence electrons. The maximum absolute atomic E-state index is 13.0. The molecule has 2 aromatic rings. The smallest absolute Gasteiger partial charge is 0.313 e. The van der Waals surface area contributed by atoms with Crippen LogP contribution in [0.25, 0.3) is 0 Å². The second-order valence-electron chi connectivity index (χ2n) is 7.42. The second-order valence-corrected chi connectivity index (χ2v) is 7.42. The Morgan fingerprint density at radius 2 is 1.62 bits per heavy atom. The summed E-state index contributed by atoms with van der Waals surface area (Å²) >= 11 is 0. The molecule has 0 radical (unpaired) electrons.